The van der Waals surface area contributed by atoms with Gasteiger partial charge in [0.05, 0.1) is 5.69 Å². The van der Waals surface area contributed by atoms with Crippen molar-refractivity contribution < 1.29 is 4.74 Å². The Bertz CT molecular complexity index is 997. The average molecular weight is 392 g/mol. The predicted molar refractivity (Wildman–Crippen MR) is 109 cm³/mol. The van der Waals surface area contributed by atoms with E-state index in [1.165, 1.54) is 10.4 Å². The number of tetrazole rings is 1. The lowest BCUT2D eigenvalue weighted by molar-refractivity contribution is 0.301. The molecule has 0 aliphatic rings. The highest BCUT2D eigenvalue weighted by molar-refractivity contribution is 7.15. The number of nitrogens with zero attached hydrogens (tertiary/aromatic N) is 4. The normalized spacial score (nSPS) is 10.9. The Kier molecular flexibility index (Phi) is 5.72. The van der Waals surface area contributed by atoms with Crippen LogP contribution in [0.3, 0.4) is 0 Å². The number of hydrogen-bond acceptors (Lipinski definition) is 6. The molecule has 4 aromatic rings. The predicted octanol–water partition coefficient (Wildman–Crippen LogP) is 4.39. The van der Waals surface area contributed by atoms with Gasteiger partial charge < -0.3 is 4.74 Å². The van der Waals surface area contributed by atoms with E-state index in [2.05, 4.69) is 51.8 Å². The van der Waals surface area contributed by atoms with E-state index in [1.54, 1.807) is 11.3 Å². The summed E-state index contributed by atoms with van der Waals surface area (Å²) in [6, 6.07) is 18.5. The van der Waals surface area contributed by atoms with E-state index in [1.807, 2.05) is 30.3 Å². The van der Waals surface area contributed by atoms with Crippen molar-refractivity contribution in [3.63, 3.8) is 0 Å². The van der Waals surface area contributed by atoms with E-state index in [4.69, 9.17) is 9.72 Å². The highest BCUT2D eigenvalue weighted by Gasteiger charge is 2.10. The van der Waals surface area contributed by atoms with Gasteiger partial charge in [-0.25, -0.2) is 4.98 Å². The Morgan fingerprint density at radius 2 is 1.82 bits per heavy atom. The second-order valence-corrected chi connectivity index (χ2v) is 7.71. The van der Waals surface area contributed by atoms with Crippen molar-refractivity contribution in [2.24, 2.45) is 0 Å². The van der Waals surface area contributed by atoms with Gasteiger partial charge in [0.1, 0.15) is 17.4 Å². The number of benzene rings is 2. The number of H-pyrrole nitrogens is 1. The third kappa shape index (κ3) is 4.61. The second-order valence-electron chi connectivity index (χ2n) is 6.50. The van der Waals surface area contributed by atoms with E-state index in [-0.39, 0.29) is 0 Å². The van der Waals surface area contributed by atoms with Crippen LogP contribution in [0, 0.1) is 6.92 Å². The number of nitrogens with one attached hydrogen (secondary N) is 1. The van der Waals surface area contributed by atoms with Crippen molar-refractivity contribution in [1.29, 1.82) is 0 Å². The molecule has 28 heavy (non-hydrogen) atoms. The van der Waals surface area contributed by atoms with Crippen LogP contribution >= 0.6 is 11.3 Å². The molecule has 0 saturated heterocycles. The molecule has 0 spiro atoms. The maximum atomic E-state index is 5.95. The summed E-state index contributed by atoms with van der Waals surface area (Å²) in [5.41, 5.74) is 3.41. The van der Waals surface area contributed by atoms with Gasteiger partial charge in [-0.2, -0.15) is 5.21 Å². The van der Waals surface area contributed by atoms with E-state index in [0.29, 0.717) is 6.61 Å². The standard InChI is InChI=1S/C21H21N5OS/c1-15-19(22-21(28-15)17-7-3-2-4-8-17)14-27-18-12-10-16(11-13-18)6-5-9-20-23-25-26-24-20/h2-4,7-8,10-13H,5-6,9,14H2,1H3,(H,23,24,25,26). The van der Waals surface area contributed by atoms with Crippen LogP contribution in [0.25, 0.3) is 10.6 Å². The minimum Gasteiger partial charge on any atom is -0.487 e. The minimum absolute atomic E-state index is 0.479. The fourth-order valence-electron chi connectivity index (χ4n) is 2.91. The largest absolute Gasteiger partial charge is 0.487 e. The van der Waals surface area contributed by atoms with Gasteiger partial charge in [0.25, 0.3) is 0 Å². The molecule has 0 atom stereocenters. The molecule has 2 aromatic heterocycles. The van der Waals surface area contributed by atoms with Crippen molar-refractivity contribution >= 4 is 11.3 Å². The molecule has 0 aliphatic carbocycles. The summed E-state index contributed by atoms with van der Waals surface area (Å²) in [7, 11) is 0. The number of aromatic nitrogens is 5. The summed E-state index contributed by atoms with van der Waals surface area (Å²) in [5.74, 6) is 1.61. The van der Waals surface area contributed by atoms with Crippen LogP contribution in [-0.4, -0.2) is 25.6 Å². The molecule has 1 N–H and O–H groups in total. The number of aryl methyl sites for hydroxylation is 3. The molecule has 0 unspecified atom stereocenters. The zero-order chi connectivity index (χ0) is 19.2. The van der Waals surface area contributed by atoms with Crippen molar-refractivity contribution in [3.8, 4) is 16.3 Å². The zero-order valence-electron chi connectivity index (χ0n) is 15.6. The van der Waals surface area contributed by atoms with Crippen LogP contribution in [0.5, 0.6) is 5.75 Å². The zero-order valence-corrected chi connectivity index (χ0v) is 16.4. The van der Waals surface area contributed by atoms with Gasteiger partial charge in [-0.1, -0.05) is 47.7 Å². The van der Waals surface area contributed by atoms with Crippen molar-refractivity contribution in [1.82, 2.24) is 25.6 Å². The third-order valence-corrected chi connectivity index (χ3v) is 5.53. The molecule has 4 rings (SSSR count). The Morgan fingerprint density at radius 1 is 1.00 bits per heavy atom. The highest BCUT2D eigenvalue weighted by atomic mass is 32.1. The molecule has 2 heterocycles. The molecule has 0 amide bonds. The number of hydrogen-bond donors (Lipinski definition) is 1. The Hall–Kier alpha value is -3.06. The van der Waals surface area contributed by atoms with Gasteiger partial charge in [-0.05, 0) is 37.5 Å². The van der Waals surface area contributed by atoms with Crippen LogP contribution in [0.2, 0.25) is 0 Å². The van der Waals surface area contributed by atoms with Crippen LogP contribution in [0.1, 0.15) is 28.4 Å². The first-order chi connectivity index (χ1) is 13.8. The molecule has 0 radical (unpaired) electrons. The van der Waals surface area contributed by atoms with Crippen molar-refractivity contribution in [2.45, 2.75) is 32.8 Å². The van der Waals surface area contributed by atoms with Gasteiger partial charge in [0.2, 0.25) is 0 Å². The molecule has 142 valence electrons. The number of rotatable bonds is 8. The monoisotopic (exact) mass is 391 g/mol. The van der Waals surface area contributed by atoms with E-state index >= 15 is 0 Å². The summed E-state index contributed by atoms with van der Waals surface area (Å²) < 4.78 is 5.95. The average Bonchev–Trinajstić information content (AvgIpc) is 3.38. The number of thiazole rings is 1. The lowest BCUT2D eigenvalue weighted by Crippen LogP contribution is -1.98. The van der Waals surface area contributed by atoms with Gasteiger partial charge >= 0.3 is 0 Å². The third-order valence-electron chi connectivity index (χ3n) is 4.47. The summed E-state index contributed by atoms with van der Waals surface area (Å²) in [5, 5.41) is 15.0. The smallest absolute Gasteiger partial charge is 0.174 e. The topological polar surface area (TPSA) is 76.6 Å². The first-order valence-electron chi connectivity index (χ1n) is 9.24. The van der Waals surface area contributed by atoms with Crippen LogP contribution in [-0.2, 0) is 19.4 Å². The Balaban J connectivity index is 1.31. The molecule has 6 nitrogen and oxygen atoms in total. The quantitative estimate of drug-likeness (QED) is 0.482. The molecule has 0 fully saturated rings. The summed E-state index contributed by atoms with van der Waals surface area (Å²) >= 11 is 1.70. The summed E-state index contributed by atoms with van der Waals surface area (Å²) in [6.45, 7) is 2.57. The van der Waals surface area contributed by atoms with Crippen LogP contribution in [0.4, 0.5) is 0 Å². The van der Waals surface area contributed by atoms with Crippen LogP contribution in [0.15, 0.2) is 54.6 Å². The molecule has 7 heteroatoms. The lowest BCUT2D eigenvalue weighted by atomic mass is 10.1. The first-order valence-corrected chi connectivity index (χ1v) is 10.1. The fourth-order valence-corrected chi connectivity index (χ4v) is 3.83. The molecule has 0 bridgehead atoms. The van der Waals surface area contributed by atoms with Gasteiger partial charge in [-0.3, -0.25) is 0 Å². The van der Waals surface area contributed by atoms with E-state index in [9.17, 15) is 0 Å². The molecule has 2 aromatic carbocycles. The number of aromatic amines is 1. The lowest BCUT2D eigenvalue weighted by Gasteiger charge is -2.06. The van der Waals surface area contributed by atoms with E-state index < -0.39 is 0 Å². The second kappa shape index (κ2) is 8.75. The van der Waals surface area contributed by atoms with Crippen molar-refractivity contribution in [3.05, 3.63) is 76.6 Å². The molecule has 0 aliphatic heterocycles. The summed E-state index contributed by atoms with van der Waals surface area (Å²) in [6.07, 6.45) is 2.78. The Morgan fingerprint density at radius 3 is 2.57 bits per heavy atom. The molecular weight excluding hydrogens is 370 g/mol. The fraction of sp³-hybridized carbons (Fsp3) is 0.238. The number of ether oxygens (including phenoxy) is 1. The van der Waals surface area contributed by atoms with Gasteiger partial charge in [0, 0.05) is 16.9 Å². The first kappa shape index (κ1) is 18.3. The maximum absolute atomic E-state index is 5.95. The highest BCUT2D eigenvalue weighted by Crippen LogP contribution is 2.28. The SMILES string of the molecule is Cc1sc(-c2ccccc2)nc1COc1ccc(CCCc2nn[nH]n2)cc1. The minimum atomic E-state index is 0.479. The summed E-state index contributed by atoms with van der Waals surface area (Å²) in [4.78, 5) is 5.94. The van der Waals surface area contributed by atoms with Gasteiger partial charge in [-0.15, -0.1) is 21.5 Å². The van der Waals surface area contributed by atoms with Crippen molar-refractivity contribution in [2.75, 3.05) is 0 Å². The van der Waals surface area contributed by atoms with E-state index in [0.717, 1.165) is 47.1 Å². The van der Waals surface area contributed by atoms with Gasteiger partial charge in [0.15, 0.2) is 5.82 Å². The molecule has 0 saturated carbocycles. The Labute approximate surface area is 167 Å². The van der Waals surface area contributed by atoms with Crippen LogP contribution < -0.4 is 4.74 Å². The maximum Gasteiger partial charge on any atom is 0.174 e. The molecular formula is C21H21N5OS.